The second kappa shape index (κ2) is 6.56. The van der Waals surface area contributed by atoms with Gasteiger partial charge < -0.3 is 11.1 Å². The predicted molar refractivity (Wildman–Crippen MR) is 81.0 cm³/mol. The van der Waals surface area contributed by atoms with Gasteiger partial charge in [0, 0.05) is 12.6 Å². The van der Waals surface area contributed by atoms with E-state index in [2.05, 4.69) is 12.2 Å². The van der Waals surface area contributed by atoms with Crippen LogP contribution in [0, 0.1) is 22.0 Å². The quantitative estimate of drug-likeness (QED) is 0.506. The highest BCUT2D eigenvalue weighted by Gasteiger charge is 2.22. The Morgan fingerprint density at radius 2 is 2.24 bits per heavy atom. The summed E-state index contributed by atoms with van der Waals surface area (Å²) in [5.41, 5.74) is 5.59. The Morgan fingerprint density at radius 1 is 1.48 bits per heavy atom. The monoisotopic (exact) mass is 291 g/mol. The van der Waals surface area contributed by atoms with Crippen LogP contribution in [0.5, 0.6) is 0 Å². The first-order valence-corrected chi connectivity index (χ1v) is 7.30. The van der Waals surface area contributed by atoms with Gasteiger partial charge in [0.1, 0.15) is 5.69 Å². The van der Waals surface area contributed by atoms with Gasteiger partial charge in [-0.15, -0.1) is 0 Å². The Labute approximate surface area is 123 Å². The molecule has 6 heteroatoms. The molecule has 2 unspecified atom stereocenters. The van der Waals surface area contributed by atoms with Crippen molar-refractivity contribution in [2.75, 3.05) is 12.3 Å². The predicted octanol–water partition coefficient (Wildman–Crippen LogP) is 2.73. The van der Waals surface area contributed by atoms with Crippen LogP contribution >= 0.6 is 0 Å². The van der Waals surface area contributed by atoms with E-state index in [0.717, 1.165) is 12.8 Å². The molecule has 0 bridgehead atoms. The Morgan fingerprint density at radius 3 is 2.90 bits per heavy atom. The summed E-state index contributed by atoms with van der Waals surface area (Å²) in [5, 5.41) is 13.7. The molecule has 2 atom stereocenters. The van der Waals surface area contributed by atoms with Gasteiger partial charge in [-0.25, -0.2) is 0 Å². The number of amides is 1. The number of nitrogens with two attached hydrogens (primary N) is 1. The van der Waals surface area contributed by atoms with Crippen molar-refractivity contribution in [1.29, 1.82) is 0 Å². The Bertz CT molecular complexity index is 545. The van der Waals surface area contributed by atoms with Crippen molar-refractivity contribution >= 4 is 17.3 Å². The highest BCUT2D eigenvalue weighted by atomic mass is 16.6. The molecule has 1 saturated carbocycles. The van der Waals surface area contributed by atoms with E-state index in [9.17, 15) is 14.9 Å². The lowest BCUT2D eigenvalue weighted by Gasteiger charge is -2.26. The molecule has 0 aliphatic heterocycles. The van der Waals surface area contributed by atoms with Gasteiger partial charge in [-0.3, -0.25) is 14.9 Å². The van der Waals surface area contributed by atoms with Crippen molar-refractivity contribution in [3.8, 4) is 0 Å². The number of nitrogens with one attached hydrogen (secondary N) is 1. The summed E-state index contributed by atoms with van der Waals surface area (Å²) in [6.45, 7) is 2.83. The molecule has 1 aliphatic carbocycles. The number of carbonyl (C=O) groups excluding carboxylic acids is 1. The molecule has 1 fully saturated rings. The minimum absolute atomic E-state index is 0.0722. The van der Waals surface area contributed by atoms with Crippen LogP contribution in [0.1, 0.15) is 43.0 Å². The van der Waals surface area contributed by atoms with Crippen molar-refractivity contribution in [3.63, 3.8) is 0 Å². The largest absolute Gasteiger partial charge is 0.393 e. The third-order valence-electron chi connectivity index (χ3n) is 4.12. The molecule has 1 aromatic rings. The maximum Gasteiger partial charge on any atom is 0.292 e. The number of hydrogen-bond acceptors (Lipinski definition) is 4. The van der Waals surface area contributed by atoms with Crippen LogP contribution in [-0.4, -0.2) is 17.4 Å². The fourth-order valence-corrected chi connectivity index (χ4v) is 2.99. The maximum atomic E-state index is 12.2. The van der Waals surface area contributed by atoms with E-state index in [-0.39, 0.29) is 22.8 Å². The van der Waals surface area contributed by atoms with Crippen LogP contribution in [0.15, 0.2) is 18.2 Å². The normalized spacial score (nSPS) is 21.8. The van der Waals surface area contributed by atoms with Crippen molar-refractivity contribution < 1.29 is 9.72 Å². The van der Waals surface area contributed by atoms with Gasteiger partial charge in [-0.05, 0) is 30.7 Å². The number of nitrogens with zero attached hydrogens (tertiary/aromatic N) is 1. The number of benzene rings is 1. The van der Waals surface area contributed by atoms with E-state index < -0.39 is 4.92 Å². The van der Waals surface area contributed by atoms with Crippen molar-refractivity contribution in [1.82, 2.24) is 5.32 Å². The lowest BCUT2D eigenvalue weighted by molar-refractivity contribution is -0.383. The highest BCUT2D eigenvalue weighted by molar-refractivity contribution is 6.00. The lowest BCUT2D eigenvalue weighted by atomic mass is 9.82. The van der Waals surface area contributed by atoms with E-state index in [1.807, 2.05) is 0 Å². The number of para-hydroxylation sites is 1. The van der Waals surface area contributed by atoms with Gasteiger partial charge in [-0.1, -0.05) is 25.8 Å². The summed E-state index contributed by atoms with van der Waals surface area (Å²) in [7, 11) is 0. The maximum absolute atomic E-state index is 12.2. The lowest BCUT2D eigenvalue weighted by Crippen LogP contribution is -2.32. The molecule has 0 radical (unpaired) electrons. The molecular formula is C15H21N3O3. The molecule has 0 spiro atoms. The van der Waals surface area contributed by atoms with Crippen LogP contribution < -0.4 is 11.1 Å². The first-order chi connectivity index (χ1) is 9.99. The Hall–Kier alpha value is -2.11. The standard InChI is InChI=1S/C15H21N3O3/c1-10-4-2-5-11(8-10)9-17-15(19)12-6-3-7-13(14(12)16)18(20)21/h3,6-7,10-11H,2,4-5,8-9,16H2,1H3,(H,17,19). The highest BCUT2D eigenvalue weighted by Crippen LogP contribution is 2.28. The summed E-state index contributed by atoms with van der Waals surface area (Å²) in [6.07, 6.45) is 4.68. The third-order valence-corrected chi connectivity index (χ3v) is 4.12. The molecule has 21 heavy (non-hydrogen) atoms. The minimum atomic E-state index is -0.574. The second-order valence-corrected chi connectivity index (χ2v) is 5.84. The fourth-order valence-electron chi connectivity index (χ4n) is 2.99. The zero-order valence-electron chi connectivity index (χ0n) is 12.2. The van der Waals surface area contributed by atoms with Crippen LogP contribution in [-0.2, 0) is 0 Å². The number of nitro benzene ring substituents is 1. The van der Waals surface area contributed by atoms with Gasteiger partial charge >= 0.3 is 0 Å². The summed E-state index contributed by atoms with van der Waals surface area (Å²) in [4.78, 5) is 22.4. The van der Waals surface area contributed by atoms with Gasteiger partial charge in [0.2, 0.25) is 0 Å². The second-order valence-electron chi connectivity index (χ2n) is 5.84. The van der Waals surface area contributed by atoms with E-state index in [1.54, 1.807) is 0 Å². The number of anilines is 1. The Balaban J connectivity index is 2.00. The van der Waals surface area contributed by atoms with Gasteiger partial charge in [0.15, 0.2) is 0 Å². The first kappa shape index (κ1) is 15.3. The number of nitrogen functional groups attached to an aromatic ring is 1. The zero-order valence-corrected chi connectivity index (χ0v) is 12.2. The van der Waals surface area contributed by atoms with Crippen molar-refractivity contribution in [2.45, 2.75) is 32.6 Å². The molecule has 1 amide bonds. The molecular weight excluding hydrogens is 270 g/mol. The first-order valence-electron chi connectivity index (χ1n) is 7.30. The third kappa shape index (κ3) is 3.71. The number of hydrogen-bond donors (Lipinski definition) is 2. The molecule has 1 aliphatic rings. The SMILES string of the molecule is CC1CCCC(CNC(=O)c2cccc([N+](=O)[O-])c2N)C1. The molecule has 0 heterocycles. The average molecular weight is 291 g/mol. The van der Waals surface area contributed by atoms with E-state index in [1.165, 1.54) is 31.0 Å². The molecule has 6 nitrogen and oxygen atoms in total. The van der Waals surface area contributed by atoms with Gasteiger partial charge in [-0.2, -0.15) is 0 Å². The van der Waals surface area contributed by atoms with Crippen LogP contribution in [0.3, 0.4) is 0 Å². The fraction of sp³-hybridized carbons (Fsp3) is 0.533. The van der Waals surface area contributed by atoms with Crippen molar-refractivity contribution in [2.24, 2.45) is 11.8 Å². The molecule has 3 N–H and O–H groups in total. The van der Waals surface area contributed by atoms with Crippen LogP contribution in [0.2, 0.25) is 0 Å². The molecule has 0 saturated heterocycles. The number of carbonyl (C=O) groups is 1. The van der Waals surface area contributed by atoms with Gasteiger partial charge in [0.25, 0.3) is 11.6 Å². The van der Waals surface area contributed by atoms with Crippen molar-refractivity contribution in [3.05, 3.63) is 33.9 Å². The zero-order chi connectivity index (χ0) is 15.4. The molecule has 114 valence electrons. The summed E-state index contributed by atoms with van der Waals surface area (Å²) in [5.74, 6) is 0.843. The molecule has 2 rings (SSSR count). The summed E-state index contributed by atoms with van der Waals surface area (Å²) >= 11 is 0. The minimum Gasteiger partial charge on any atom is -0.393 e. The van der Waals surface area contributed by atoms with Crippen LogP contribution in [0.25, 0.3) is 0 Å². The summed E-state index contributed by atoms with van der Waals surface area (Å²) in [6, 6.07) is 4.29. The van der Waals surface area contributed by atoms with E-state index in [4.69, 9.17) is 5.73 Å². The molecule has 1 aromatic carbocycles. The van der Waals surface area contributed by atoms with E-state index in [0.29, 0.717) is 18.4 Å². The topological polar surface area (TPSA) is 98.3 Å². The number of nitro groups is 1. The van der Waals surface area contributed by atoms with Crippen LogP contribution in [0.4, 0.5) is 11.4 Å². The average Bonchev–Trinajstić information content (AvgIpc) is 2.45. The summed E-state index contributed by atoms with van der Waals surface area (Å²) < 4.78 is 0. The van der Waals surface area contributed by atoms with E-state index >= 15 is 0 Å². The molecule has 0 aromatic heterocycles. The smallest absolute Gasteiger partial charge is 0.292 e. The Kier molecular flexibility index (Phi) is 4.77. The number of rotatable bonds is 4. The van der Waals surface area contributed by atoms with Gasteiger partial charge in [0.05, 0.1) is 10.5 Å².